The van der Waals surface area contributed by atoms with E-state index in [0.29, 0.717) is 12.1 Å². The molecule has 0 spiro atoms. The highest BCUT2D eigenvalue weighted by molar-refractivity contribution is 7.91. The summed E-state index contributed by atoms with van der Waals surface area (Å²) in [5.74, 6) is -0.0825. The van der Waals surface area contributed by atoms with Gasteiger partial charge in [-0.15, -0.1) is 11.3 Å². The summed E-state index contributed by atoms with van der Waals surface area (Å²) < 4.78 is 25.6. The number of aryl methyl sites for hydroxylation is 1. The molecular formula is C20H21N3O3S2. The van der Waals surface area contributed by atoms with Gasteiger partial charge in [0, 0.05) is 5.69 Å². The van der Waals surface area contributed by atoms with Gasteiger partial charge in [-0.05, 0) is 48.1 Å². The maximum Gasteiger partial charge on any atom is 0.276 e. The van der Waals surface area contributed by atoms with Gasteiger partial charge in [-0.25, -0.2) is 8.42 Å². The Hall–Kier alpha value is -2.45. The Balaban J connectivity index is 1.63. The number of hydrogen-bond donors (Lipinski definition) is 1. The number of aromatic nitrogens is 2. The van der Waals surface area contributed by atoms with Gasteiger partial charge < -0.3 is 5.32 Å². The van der Waals surface area contributed by atoms with Crippen LogP contribution in [0.5, 0.6) is 0 Å². The quantitative estimate of drug-likeness (QED) is 0.687. The number of nitrogens with zero attached hydrogens (tertiary/aromatic N) is 2. The number of carbonyl (C=O) groups is 1. The predicted octanol–water partition coefficient (Wildman–Crippen LogP) is 3.79. The van der Waals surface area contributed by atoms with E-state index in [9.17, 15) is 13.2 Å². The Morgan fingerprint density at radius 3 is 2.68 bits per heavy atom. The maximum atomic E-state index is 12.7. The lowest BCUT2D eigenvalue weighted by atomic mass is 10.1. The van der Waals surface area contributed by atoms with Gasteiger partial charge in [0.05, 0.1) is 28.1 Å². The monoisotopic (exact) mass is 415 g/mol. The highest BCUT2D eigenvalue weighted by Gasteiger charge is 2.32. The summed E-state index contributed by atoms with van der Waals surface area (Å²) in [7, 11) is -3.05. The van der Waals surface area contributed by atoms with Crippen LogP contribution in [0.1, 0.15) is 35.4 Å². The van der Waals surface area contributed by atoms with Crippen molar-refractivity contribution in [1.29, 1.82) is 0 Å². The van der Waals surface area contributed by atoms with Crippen molar-refractivity contribution in [2.45, 2.75) is 25.8 Å². The minimum Gasteiger partial charge on any atom is -0.321 e. The molecule has 0 aliphatic carbocycles. The van der Waals surface area contributed by atoms with E-state index in [0.717, 1.165) is 17.0 Å². The zero-order valence-electron chi connectivity index (χ0n) is 15.5. The van der Waals surface area contributed by atoms with E-state index in [-0.39, 0.29) is 29.1 Å². The molecule has 1 fully saturated rings. The van der Waals surface area contributed by atoms with Crippen molar-refractivity contribution in [2.75, 3.05) is 16.8 Å². The van der Waals surface area contributed by atoms with Gasteiger partial charge in [0.25, 0.3) is 5.91 Å². The molecule has 1 aliphatic heterocycles. The number of anilines is 1. The number of thiophene rings is 1. The third kappa shape index (κ3) is 3.88. The molecule has 28 heavy (non-hydrogen) atoms. The molecule has 1 amide bonds. The number of nitrogens with one attached hydrogen (secondary N) is 1. The fourth-order valence-corrected chi connectivity index (χ4v) is 5.81. The van der Waals surface area contributed by atoms with Crippen molar-refractivity contribution in [3.05, 3.63) is 59.1 Å². The number of rotatable bonds is 5. The van der Waals surface area contributed by atoms with Gasteiger partial charge in [-0.1, -0.05) is 25.1 Å². The van der Waals surface area contributed by atoms with E-state index in [2.05, 4.69) is 17.3 Å². The summed E-state index contributed by atoms with van der Waals surface area (Å²) in [6, 6.07) is 13.1. The van der Waals surface area contributed by atoms with Crippen molar-refractivity contribution >= 4 is 32.8 Å². The molecule has 1 saturated heterocycles. The number of hydrogen-bond acceptors (Lipinski definition) is 5. The van der Waals surface area contributed by atoms with Gasteiger partial charge in [-0.3, -0.25) is 9.48 Å². The predicted molar refractivity (Wildman–Crippen MR) is 112 cm³/mol. The van der Waals surface area contributed by atoms with E-state index in [1.165, 1.54) is 16.9 Å². The first-order valence-corrected chi connectivity index (χ1v) is 11.9. The van der Waals surface area contributed by atoms with E-state index in [1.807, 2.05) is 41.8 Å². The van der Waals surface area contributed by atoms with Crippen LogP contribution in [0.15, 0.2) is 47.8 Å². The van der Waals surface area contributed by atoms with Crippen molar-refractivity contribution in [3.63, 3.8) is 0 Å². The maximum absolute atomic E-state index is 12.7. The third-order valence-corrected chi connectivity index (χ3v) is 7.56. The molecular weight excluding hydrogens is 394 g/mol. The summed E-state index contributed by atoms with van der Waals surface area (Å²) in [5, 5.41) is 9.31. The minimum absolute atomic E-state index is 0.0621. The van der Waals surface area contributed by atoms with E-state index < -0.39 is 9.84 Å². The molecule has 0 unspecified atom stereocenters. The van der Waals surface area contributed by atoms with Crippen LogP contribution in [0.2, 0.25) is 0 Å². The second-order valence-corrected chi connectivity index (χ2v) is 10.1. The summed E-state index contributed by atoms with van der Waals surface area (Å²) in [6.07, 6.45) is 1.45. The van der Waals surface area contributed by atoms with Crippen LogP contribution in [0.4, 0.5) is 5.69 Å². The topological polar surface area (TPSA) is 81.1 Å². The van der Waals surface area contributed by atoms with E-state index in [4.69, 9.17) is 0 Å². The number of amides is 1. The van der Waals surface area contributed by atoms with Gasteiger partial charge >= 0.3 is 0 Å². The molecule has 1 N–H and O–H groups in total. The van der Waals surface area contributed by atoms with Crippen LogP contribution >= 0.6 is 11.3 Å². The molecule has 8 heteroatoms. The third-order valence-electron chi connectivity index (χ3n) is 4.92. The molecule has 6 nitrogen and oxygen atoms in total. The Kier molecular flexibility index (Phi) is 5.07. The lowest BCUT2D eigenvalue weighted by molar-refractivity contribution is 0.102. The largest absolute Gasteiger partial charge is 0.321 e. The molecule has 0 saturated carbocycles. The summed E-state index contributed by atoms with van der Waals surface area (Å²) in [6.45, 7) is 2.08. The van der Waals surface area contributed by atoms with Crippen LogP contribution in [0, 0.1) is 0 Å². The zero-order chi connectivity index (χ0) is 19.7. The molecule has 4 rings (SSSR count). The van der Waals surface area contributed by atoms with Crippen molar-refractivity contribution in [3.8, 4) is 10.6 Å². The van der Waals surface area contributed by atoms with Crippen LogP contribution in [-0.4, -0.2) is 35.6 Å². The smallest absolute Gasteiger partial charge is 0.276 e. The Labute approximate surface area is 168 Å². The molecule has 2 aromatic heterocycles. The Bertz CT molecular complexity index is 1080. The second-order valence-electron chi connectivity index (χ2n) is 6.90. The molecule has 0 bridgehead atoms. The minimum atomic E-state index is -3.05. The number of benzene rings is 1. The second kappa shape index (κ2) is 7.52. The van der Waals surface area contributed by atoms with Crippen LogP contribution < -0.4 is 5.32 Å². The molecule has 1 aliphatic rings. The van der Waals surface area contributed by atoms with Crippen molar-refractivity contribution < 1.29 is 13.2 Å². The van der Waals surface area contributed by atoms with Gasteiger partial charge in [0.2, 0.25) is 0 Å². The molecule has 1 aromatic carbocycles. The summed E-state index contributed by atoms with van der Waals surface area (Å²) >= 11 is 1.54. The average molecular weight is 416 g/mol. The fourth-order valence-electron chi connectivity index (χ4n) is 3.38. The lowest BCUT2D eigenvalue weighted by Gasteiger charge is -2.12. The standard InChI is InChI=1S/C20H21N3O3S2/c1-2-14-5-7-15(8-6-14)21-20(24)17-12-18(19-4-3-10-27-19)23(22-17)16-9-11-28(25,26)13-16/h3-8,10,12,16H,2,9,11,13H2,1H3,(H,21,24)/t16-/m0/s1. The van der Waals surface area contributed by atoms with Gasteiger partial charge in [0.15, 0.2) is 15.5 Å². The fraction of sp³-hybridized carbons (Fsp3) is 0.300. The van der Waals surface area contributed by atoms with Crippen LogP contribution in [-0.2, 0) is 16.3 Å². The Morgan fingerprint density at radius 2 is 2.07 bits per heavy atom. The van der Waals surface area contributed by atoms with E-state index >= 15 is 0 Å². The van der Waals surface area contributed by atoms with Gasteiger partial charge in [0.1, 0.15) is 0 Å². The first-order valence-electron chi connectivity index (χ1n) is 9.19. The molecule has 1 atom stereocenters. The SMILES string of the molecule is CCc1ccc(NC(=O)c2cc(-c3cccs3)n([C@H]3CCS(=O)(=O)C3)n2)cc1. The first kappa shape index (κ1) is 18.9. The van der Waals surface area contributed by atoms with Crippen molar-refractivity contribution in [1.82, 2.24) is 9.78 Å². The number of sulfone groups is 1. The summed E-state index contributed by atoms with van der Waals surface area (Å²) in [4.78, 5) is 13.7. The highest BCUT2D eigenvalue weighted by atomic mass is 32.2. The lowest BCUT2D eigenvalue weighted by Crippen LogP contribution is -2.16. The number of carbonyl (C=O) groups excluding carboxylic acids is 1. The zero-order valence-corrected chi connectivity index (χ0v) is 17.1. The van der Waals surface area contributed by atoms with Crippen molar-refractivity contribution in [2.24, 2.45) is 0 Å². The van der Waals surface area contributed by atoms with Crippen LogP contribution in [0.3, 0.4) is 0 Å². The molecule has 3 heterocycles. The van der Waals surface area contributed by atoms with Gasteiger partial charge in [-0.2, -0.15) is 5.10 Å². The normalized spacial score (nSPS) is 18.2. The van der Waals surface area contributed by atoms with Crippen LogP contribution in [0.25, 0.3) is 10.6 Å². The molecule has 3 aromatic rings. The average Bonchev–Trinajstić information content (AvgIpc) is 3.40. The molecule has 146 valence electrons. The highest BCUT2D eigenvalue weighted by Crippen LogP contribution is 2.32. The molecule has 0 radical (unpaired) electrons. The first-order chi connectivity index (χ1) is 13.4. The Morgan fingerprint density at radius 1 is 1.29 bits per heavy atom. The summed E-state index contributed by atoms with van der Waals surface area (Å²) in [5.41, 5.74) is 2.97. The van der Waals surface area contributed by atoms with E-state index in [1.54, 1.807) is 10.7 Å².